The largest absolute Gasteiger partial charge is 0.272 e. The fourth-order valence-electron chi connectivity index (χ4n) is 1.31. The maximum atomic E-state index is 11.6. The summed E-state index contributed by atoms with van der Waals surface area (Å²) < 4.78 is 22.5. The number of carbonyl (C=O) groups is 1. The Hall–Kier alpha value is -1.09. The van der Waals surface area contributed by atoms with E-state index in [9.17, 15) is 13.2 Å². The average molecular weight is 216 g/mol. The van der Waals surface area contributed by atoms with Crippen LogP contribution in [-0.2, 0) is 14.8 Å². The van der Waals surface area contributed by atoms with Crippen molar-refractivity contribution in [3.63, 3.8) is 0 Å². The van der Waals surface area contributed by atoms with Crippen LogP contribution in [0.25, 0.3) is 0 Å². The third kappa shape index (κ3) is 1.05. The van der Waals surface area contributed by atoms with Crippen molar-refractivity contribution in [2.45, 2.75) is 38.0 Å². The predicted octanol–water partition coefficient (Wildman–Crippen LogP) is 0.239. The molecule has 0 saturated carbocycles. The van der Waals surface area contributed by atoms with E-state index in [0.29, 0.717) is 10.7 Å². The quantitative estimate of drug-likeness (QED) is 0.662. The molecule has 6 heteroatoms. The highest BCUT2D eigenvalue weighted by atomic mass is 32.2. The molecule has 0 aromatic rings. The molecule has 0 N–H and O–H groups in total. The van der Waals surface area contributed by atoms with Gasteiger partial charge >= 0.3 is 0 Å². The van der Waals surface area contributed by atoms with Gasteiger partial charge in [-0.1, -0.05) is 6.92 Å². The molecule has 1 aliphatic heterocycles. The Balaban J connectivity index is 3.10. The fourth-order valence-corrected chi connectivity index (χ4v) is 2.97. The lowest BCUT2D eigenvalue weighted by Gasteiger charge is -2.44. The second-order valence-corrected chi connectivity index (χ2v) is 6.03. The molecule has 14 heavy (non-hydrogen) atoms. The van der Waals surface area contributed by atoms with Crippen LogP contribution in [-0.4, -0.2) is 29.4 Å². The van der Waals surface area contributed by atoms with E-state index in [4.69, 9.17) is 5.26 Å². The minimum absolute atomic E-state index is 0.317. The molecule has 1 fully saturated rings. The third-order valence-corrected chi connectivity index (χ3v) is 4.84. The molecule has 1 aliphatic rings. The second-order valence-electron chi connectivity index (χ2n) is 3.67. The topological polar surface area (TPSA) is 78.2 Å². The van der Waals surface area contributed by atoms with Gasteiger partial charge in [0.2, 0.25) is 0 Å². The summed E-state index contributed by atoms with van der Waals surface area (Å²) in [5.41, 5.74) is 0. The molecule has 0 radical (unpaired) electrons. The number of amides is 1. The van der Waals surface area contributed by atoms with E-state index in [-0.39, 0.29) is 0 Å². The summed E-state index contributed by atoms with van der Waals surface area (Å²) in [6, 6.07) is 0.943. The lowest BCUT2D eigenvalue weighted by atomic mass is 10.1. The highest BCUT2D eigenvalue weighted by Gasteiger charge is 2.62. The second kappa shape index (κ2) is 2.95. The smallest absolute Gasteiger partial charge is 0.260 e. The van der Waals surface area contributed by atoms with Gasteiger partial charge in [0.25, 0.3) is 15.9 Å². The minimum atomic E-state index is -3.61. The third-order valence-electron chi connectivity index (χ3n) is 2.44. The summed E-state index contributed by atoms with van der Waals surface area (Å²) in [4.78, 5) is 11.5. The summed E-state index contributed by atoms with van der Waals surface area (Å²) in [5, 5.41) is 8.67. The van der Waals surface area contributed by atoms with Gasteiger partial charge in [-0.2, -0.15) is 5.26 Å². The standard InChI is InChI=1S/C8H12N2O3S/c1-4-6(5-9)10-7(11)8(2,3)14(10,12)13/h6H,4H2,1-3H3. The van der Waals surface area contributed by atoms with E-state index in [1.165, 1.54) is 13.8 Å². The van der Waals surface area contributed by atoms with E-state index >= 15 is 0 Å². The van der Waals surface area contributed by atoms with Gasteiger partial charge in [-0.25, -0.2) is 12.7 Å². The summed E-state index contributed by atoms with van der Waals surface area (Å²) >= 11 is 0. The van der Waals surface area contributed by atoms with E-state index < -0.39 is 26.7 Å². The van der Waals surface area contributed by atoms with Gasteiger partial charge < -0.3 is 0 Å². The highest BCUT2D eigenvalue weighted by molar-refractivity contribution is 7.94. The number of nitrogens with zero attached hydrogens (tertiary/aromatic N) is 2. The van der Waals surface area contributed by atoms with Gasteiger partial charge in [0.1, 0.15) is 6.04 Å². The van der Waals surface area contributed by atoms with Gasteiger partial charge in [0, 0.05) is 0 Å². The molecule has 1 amide bonds. The summed E-state index contributed by atoms with van der Waals surface area (Å²) in [7, 11) is -3.61. The molecule has 1 unspecified atom stereocenters. The van der Waals surface area contributed by atoms with Gasteiger partial charge in [0.15, 0.2) is 4.75 Å². The van der Waals surface area contributed by atoms with Crippen LogP contribution in [0.15, 0.2) is 0 Å². The predicted molar refractivity (Wildman–Crippen MR) is 49.5 cm³/mol. The Morgan fingerprint density at radius 2 is 2.07 bits per heavy atom. The van der Waals surface area contributed by atoms with Crippen molar-refractivity contribution in [3.8, 4) is 6.07 Å². The Bertz CT molecular complexity index is 405. The fraction of sp³-hybridized carbons (Fsp3) is 0.750. The van der Waals surface area contributed by atoms with Crippen LogP contribution in [0.5, 0.6) is 0 Å². The van der Waals surface area contributed by atoms with Crippen LogP contribution in [0, 0.1) is 11.3 Å². The van der Waals surface area contributed by atoms with E-state index in [1.54, 1.807) is 13.0 Å². The maximum Gasteiger partial charge on any atom is 0.260 e. The maximum absolute atomic E-state index is 11.6. The zero-order chi connectivity index (χ0) is 11.1. The molecule has 0 bridgehead atoms. The van der Waals surface area contributed by atoms with Crippen molar-refractivity contribution in [1.29, 1.82) is 5.26 Å². The van der Waals surface area contributed by atoms with Crippen LogP contribution < -0.4 is 0 Å². The van der Waals surface area contributed by atoms with Gasteiger partial charge in [-0.15, -0.1) is 0 Å². The molecule has 1 heterocycles. The van der Waals surface area contributed by atoms with Crippen LogP contribution in [0.2, 0.25) is 0 Å². The lowest BCUT2D eigenvalue weighted by Crippen LogP contribution is -2.69. The van der Waals surface area contributed by atoms with Crippen molar-refractivity contribution in [2.75, 3.05) is 0 Å². The average Bonchev–Trinajstić information content (AvgIpc) is 2.12. The monoisotopic (exact) mass is 216 g/mol. The molecule has 0 aromatic carbocycles. The molecule has 1 atom stereocenters. The number of nitriles is 1. The molecule has 0 aliphatic carbocycles. The van der Waals surface area contributed by atoms with Crippen LogP contribution in [0.1, 0.15) is 27.2 Å². The first-order chi connectivity index (χ1) is 6.30. The van der Waals surface area contributed by atoms with Crippen molar-refractivity contribution >= 4 is 15.9 Å². The molecule has 1 saturated heterocycles. The summed E-state index contributed by atoms with van der Waals surface area (Å²) in [5.74, 6) is -0.495. The van der Waals surface area contributed by atoms with E-state index in [0.717, 1.165) is 0 Å². The van der Waals surface area contributed by atoms with E-state index in [1.807, 2.05) is 0 Å². The van der Waals surface area contributed by atoms with Crippen molar-refractivity contribution in [1.82, 2.24) is 4.31 Å². The molecule has 1 rings (SSSR count). The molecular weight excluding hydrogens is 204 g/mol. The first-order valence-electron chi connectivity index (χ1n) is 4.28. The molecular formula is C8H12N2O3S. The molecule has 0 aromatic heterocycles. The Morgan fingerprint density at radius 3 is 2.36 bits per heavy atom. The SMILES string of the molecule is CCC(C#N)N1C(=O)C(C)(C)S1(=O)=O. The first-order valence-corrected chi connectivity index (χ1v) is 5.72. The Morgan fingerprint density at radius 1 is 1.57 bits per heavy atom. The van der Waals surface area contributed by atoms with Gasteiger partial charge in [-0.3, -0.25) is 4.79 Å². The Labute approximate surface area is 83.4 Å². The van der Waals surface area contributed by atoms with Gasteiger partial charge in [0.05, 0.1) is 6.07 Å². The minimum Gasteiger partial charge on any atom is -0.272 e. The zero-order valence-corrected chi connectivity index (χ0v) is 9.13. The summed E-state index contributed by atoms with van der Waals surface area (Å²) in [6.45, 7) is 4.37. The van der Waals surface area contributed by atoms with Crippen LogP contribution >= 0.6 is 0 Å². The van der Waals surface area contributed by atoms with Crippen molar-refractivity contribution in [3.05, 3.63) is 0 Å². The molecule has 78 valence electrons. The first kappa shape index (κ1) is 11.0. The molecule has 5 nitrogen and oxygen atoms in total. The number of carbonyl (C=O) groups excluding carboxylic acids is 1. The number of sulfonamides is 1. The number of hydrogen-bond donors (Lipinski definition) is 0. The van der Waals surface area contributed by atoms with Crippen molar-refractivity contribution < 1.29 is 13.2 Å². The van der Waals surface area contributed by atoms with Gasteiger partial charge in [-0.05, 0) is 20.3 Å². The number of rotatable bonds is 2. The van der Waals surface area contributed by atoms with Crippen LogP contribution in [0.4, 0.5) is 0 Å². The number of hydrogen-bond acceptors (Lipinski definition) is 4. The van der Waals surface area contributed by atoms with Crippen molar-refractivity contribution in [2.24, 2.45) is 0 Å². The lowest BCUT2D eigenvalue weighted by molar-refractivity contribution is -0.133. The highest BCUT2D eigenvalue weighted by Crippen LogP contribution is 2.36. The Kier molecular flexibility index (Phi) is 2.32. The summed E-state index contributed by atoms with van der Waals surface area (Å²) in [6.07, 6.45) is 0.317. The normalized spacial score (nSPS) is 25.0. The van der Waals surface area contributed by atoms with Crippen LogP contribution in [0.3, 0.4) is 0 Å². The zero-order valence-electron chi connectivity index (χ0n) is 8.31. The van der Waals surface area contributed by atoms with E-state index in [2.05, 4.69) is 0 Å². The molecule has 0 spiro atoms.